The first kappa shape index (κ1) is 16.1. The number of fused-ring (bicyclic) bond motifs is 3. The zero-order valence-electron chi connectivity index (χ0n) is 14.0. The Morgan fingerprint density at radius 2 is 2.09 bits per heavy atom. The number of carbonyl (C=O) groups is 1. The molecule has 0 N–H and O–H groups in total. The lowest BCUT2D eigenvalue weighted by molar-refractivity contribution is 0.0244. The Kier molecular flexibility index (Phi) is 4.00. The molecule has 1 aliphatic rings. The largest absolute Gasteiger partial charge is 0.444 e. The van der Waals surface area contributed by atoms with Crippen molar-refractivity contribution in [3.05, 3.63) is 29.0 Å². The second-order valence-electron chi connectivity index (χ2n) is 7.08. The molecule has 1 unspecified atom stereocenters. The molecule has 6 heteroatoms. The molecule has 3 rings (SSSR count). The van der Waals surface area contributed by atoms with Gasteiger partial charge in [-0.3, -0.25) is 0 Å². The van der Waals surface area contributed by atoms with Crippen LogP contribution in [-0.4, -0.2) is 39.2 Å². The second-order valence-corrected chi connectivity index (χ2v) is 7.52. The highest BCUT2D eigenvalue weighted by Crippen LogP contribution is 2.27. The zero-order valence-corrected chi connectivity index (χ0v) is 14.7. The highest BCUT2D eigenvalue weighted by molar-refractivity contribution is 6.31. The number of benzene rings is 1. The zero-order chi connectivity index (χ0) is 16.8. The Bertz CT molecular complexity index is 748. The van der Waals surface area contributed by atoms with Gasteiger partial charge in [0.2, 0.25) is 0 Å². The molecule has 0 bridgehead atoms. The summed E-state index contributed by atoms with van der Waals surface area (Å²) < 4.78 is 7.68. The third-order valence-electron chi connectivity index (χ3n) is 3.92. The molecule has 23 heavy (non-hydrogen) atoms. The quantitative estimate of drug-likeness (QED) is 0.730. The van der Waals surface area contributed by atoms with Gasteiger partial charge in [-0.25, -0.2) is 9.78 Å². The van der Waals surface area contributed by atoms with Crippen LogP contribution >= 0.6 is 11.6 Å². The van der Waals surface area contributed by atoms with Gasteiger partial charge in [0.05, 0.1) is 11.0 Å². The van der Waals surface area contributed by atoms with Crippen LogP contribution in [0.1, 0.15) is 39.4 Å². The minimum Gasteiger partial charge on any atom is -0.444 e. The standard InChI is InChI=1S/C17H22ClN3O2/c1-11-10-20(16(22)23-17(2,3)4)7-8-21-14-6-5-12(18)9-13(14)19-15(11)21/h5-6,9,11H,7-8,10H2,1-4H3. The molecular weight excluding hydrogens is 314 g/mol. The van der Waals surface area contributed by atoms with Crippen LogP contribution in [0.4, 0.5) is 4.79 Å². The number of hydrogen-bond acceptors (Lipinski definition) is 3. The summed E-state index contributed by atoms with van der Waals surface area (Å²) in [7, 11) is 0. The van der Waals surface area contributed by atoms with Gasteiger partial charge in [-0.05, 0) is 39.0 Å². The summed E-state index contributed by atoms with van der Waals surface area (Å²) in [6.45, 7) is 9.66. The van der Waals surface area contributed by atoms with Gasteiger partial charge < -0.3 is 14.2 Å². The minimum absolute atomic E-state index is 0.135. The van der Waals surface area contributed by atoms with Crippen molar-refractivity contribution in [3.8, 4) is 0 Å². The molecule has 124 valence electrons. The number of halogens is 1. The Hall–Kier alpha value is -1.75. The van der Waals surface area contributed by atoms with Gasteiger partial charge in [0.1, 0.15) is 11.4 Å². The Morgan fingerprint density at radius 3 is 2.78 bits per heavy atom. The number of aromatic nitrogens is 2. The van der Waals surface area contributed by atoms with E-state index in [1.54, 1.807) is 4.90 Å². The summed E-state index contributed by atoms with van der Waals surface area (Å²) in [6, 6.07) is 5.75. The molecule has 2 heterocycles. The van der Waals surface area contributed by atoms with E-state index in [0.717, 1.165) is 16.9 Å². The fraction of sp³-hybridized carbons (Fsp3) is 0.529. The molecule has 0 radical (unpaired) electrons. The van der Waals surface area contributed by atoms with Crippen LogP contribution in [0.15, 0.2) is 18.2 Å². The lowest BCUT2D eigenvalue weighted by Crippen LogP contribution is -2.39. The number of ether oxygens (including phenoxy) is 1. The van der Waals surface area contributed by atoms with E-state index in [4.69, 9.17) is 21.3 Å². The molecule has 2 aromatic rings. The van der Waals surface area contributed by atoms with Crippen LogP contribution in [0, 0.1) is 0 Å². The Balaban J connectivity index is 1.87. The topological polar surface area (TPSA) is 47.4 Å². The summed E-state index contributed by atoms with van der Waals surface area (Å²) in [4.78, 5) is 18.8. The van der Waals surface area contributed by atoms with Crippen LogP contribution < -0.4 is 0 Å². The molecular formula is C17H22ClN3O2. The Labute approximate surface area is 141 Å². The number of nitrogens with zero attached hydrogens (tertiary/aromatic N) is 3. The van der Waals surface area contributed by atoms with Crippen molar-refractivity contribution in [2.45, 2.75) is 45.8 Å². The van der Waals surface area contributed by atoms with Crippen molar-refractivity contribution < 1.29 is 9.53 Å². The van der Waals surface area contributed by atoms with Crippen LogP contribution in [-0.2, 0) is 11.3 Å². The molecule has 0 aliphatic carbocycles. The lowest BCUT2D eigenvalue weighted by Gasteiger charge is -2.27. The van der Waals surface area contributed by atoms with E-state index in [0.29, 0.717) is 24.7 Å². The maximum Gasteiger partial charge on any atom is 0.410 e. The first-order chi connectivity index (χ1) is 10.7. The molecule has 1 aliphatic heterocycles. The monoisotopic (exact) mass is 335 g/mol. The first-order valence-electron chi connectivity index (χ1n) is 7.88. The van der Waals surface area contributed by atoms with Gasteiger partial charge in [-0.15, -0.1) is 0 Å². The van der Waals surface area contributed by atoms with Crippen LogP contribution in [0.2, 0.25) is 5.02 Å². The third-order valence-corrected chi connectivity index (χ3v) is 4.16. The molecule has 1 amide bonds. The summed E-state index contributed by atoms with van der Waals surface area (Å²) in [5.74, 6) is 1.13. The molecule has 1 aromatic carbocycles. The van der Waals surface area contributed by atoms with Crippen molar-refractivity contribution in [2.75, 3.05) is 13.1 Å². The van der Waals surface area contributed by atoms with E-state index in [-0.39, 0.29) is 12.0 Å². The lowest BCUT2D eigenvalue weighted by atomic mass is 10.1. The van der Waals surface area contributed by atoms with Gasteiger partial charge in [0, 0.05) is 30.6 Å². The molecule has 0 saturated carbocycles. The molecule has 1 aromatic heterocycles. The summed E-state index contributed by atoms with van der Waals surface area (Å²) in [5.41, 5.74) is 1.48. The van der Waals surface area contributed by atoms with Crippen LogP contribution in [0.25, 0.3) is 11.0 Å². The number of amides is 1. The SMILES string of the molecule is CC1CN(C(=O)OC(C)(C)C)CCn2c1nc1cc(Cl)ccc12. The van der Waals surface area contributed by atoms with E-state index in [1.807, 2.05) is 39.0 Å². The summed E-state index contributed by atoms with van der Waals surface area (Å²) in [6.07, 6.45) is -0.262. The second kappa shape index (κ2) is 5.71. The van der Waals surface area contributed by atoms with Gasteiger partial charge in [-0.2, -0.15) is 0 Å². The number of imidazole rings is 1. The molecule has 0 spiro atoms. The van der Waals surface area contributed by atoms with E-state index >= 15 is 0 Å². The number of carbonyl (C=O) groups excluding carboxylic acids is 1. The Morgan fingerprint density at radius 1 is 1.35 bits per heavy atom. The van der Waals surface area contributed by atoms with E-state index in [2.05, 4.69) is 11.5 Å². The maximum absolute atomic E-state index is 12.3. The fourth-order valence-corrected chi connectivity index (χ4v) is 3.12. The van der Waals surface area contributed by atoms with Gasteiger partial charge in [0.25, 0.3) is 0 Å². The fourth-order valence-electron chi connectivity index (χ4n) is 2.95. The van der Waals surface area contributed by atoms with Crippen molar-refractivity contribution in [1.29, 1.82) is 0 Å². The van der Waals surface area contributed by atoms with Crippen molar-refractivity contribution in [2.24, 2.45) is 0 Å². The highest BCUT2D eigenvalue weighted by Gasteiger charge is 2.28. The summed E-state index contributed by atoms with van der Waals surface area (Å²) in [5, 5.41) is 0.689. The van der Waals surface area contributed by atoms with Crippen LogP contribution in [0.5, 0.6) is 0 Å². The highest BCUT2D eigenvalue weighted by atomic mass is 35.5. The van der Waals surface area contributed by atoms with E-state index in [1.165, 1.54) is 0 Å². The predicted octanol–water partition coefficient (Wildman–Crippen LogP) is 4.04. The van der Waals surface area contributed by atoms with Gasteiger partial charge in [0.15, 0.2) is 0 Å². The average Bonchev–Trinajstić information content (AvgIpc) is 2.70. The van der Waals surface area contributed by atoms with E-state index in [9.17, 15) is 4.79 Å². The maximum atomic E-state index is 12.3. The van der Waals surface area contributed by atoms with E-state index < -0.39 is 5.60 Å². The average molecular weight is 336 g/mol. The normalized spacial score (nSPS) is 18.7. The van der Waals surface area contributed by atoms with Crippen LogP contribution in [0.3, 0.4) is 0 Å². The molecule has 0 fully saturated rings. The third kappa shape index (κ3) is 3.29. The summed E-state index contributed by atoms with van der Waals surface area (Å²) >= 11 is 6.06. The van der Waals surface area contributed by atoms with Crippen molar-refractivity contribution in [1.82, 2.24) is 14.5 Å². The molecule has 0 saturated heterocycles. The number of hydrogen-bond donors (Lipinski definition) is 0. The van der Waals surface area contributed by atoms with Gasteiger partial charge in [-0.1, -0.05) is 18.5 Å². The smallest absolute Gasteiger partial charge is 0.410 e. The van der Waals surface area contributed by atoms with Gasteiger partial charge >= 0.3 is 6.09 Å². The first-order valence-corrected chi connectivity index (χ1v) is 8.26. The van der Waals surface area contributed by atoms with Crippen molar-refractivity contribution in [3.63, 3.8) is 0 Å². The molecule has 5 nitrogen and oxygen atoms in total. The number of rotatable bonds is 0. The minimum atomic E-state index is -0.482. The molecule has 1 atom stereocenters. The predicted molar refractivity (Wildman–Crippen MR) is 91.0 cm³/mol. The van der Waals surface area contributed by atoms with Crippen molar-refractivity contribution >= 4 is 28.7 Å².